The van der Waals surface area contributed by atoms with Gasteiger partial charge in [0.1, 0.15) is 0 Å². The highest BCUT2D eigenvalue weighted by molar-refractivity contribution is 9.10. The quantitative estimate of drug-likeness (QED) is 0.674. The number of nitro groups is 1. The molecule has 7 heteroatoms. The van der Waals surface area contributed by atoms with Crippen LogP contribution in [0.2, 0.25) is 0 Å². The molecule has 1 heterocycles. The van der Waals surface area contributed by atoms with Crippen LogP contribution in [0.1, 0.15) is 18.4 Å². The smallest absolute Gasteiger partial charge is 0.283 e. The third kappa shape index (κ3) is 2.93. The summed E-state index contributed by atoms with van der Waals surface area (Å²) in [5, 5.41) is 10.9. The van der Waals surface area contributed by atoms with E-state index in [9.17, 15) is 14.9 Å². The normalized spacial score (nSPS) is 19.5. The maximum atomic E-state index is 11.3. The first kappa shape index (κ1) is 14.0. The average molecular weight is 328 g/mol. The van der Waals surface area contributed by atoms with E-state index in [-0.39, 0.29) is 17.6 Å². The van der Waals surface area contributed by atoms with Crippen molar-refractivity contribution in [2.45, 2.75) is 25.4 Å². The van der Waals surface area contributed by atoms with Gasteiger partial charge in [-0.1, -0.05) is 12.1 Å². The van der Waals surface area contributed by atoms with Crippen LogP contribution in [-0.2, 0) is 11.3 Å². The first-order valence-electron chi connectivity index (χ1n) is 5.96. The van der Waals surface area contributed by atoms with Gasteiger partial charge in [0, 0.05) is 12.6 Å². The molecule has 1 amide bonds. The predicted molar refractivity (Wildman–Crippen MR) is 73.4 cm³/mol. The number of hydrogen-bond acceptors (Lipinski definition) is 4. The number of rotatable bonds is 4. The zero-order chi connectivity index (χ0) is 14.0. The number of amides is 1. The van der Waals surface area contributed by atoms with Crippen LogP contribution in [0.4, 0.5) is 5.69 Å². The Labute approximate surface area is 118 Å². The van der Waals surface area contributed by atoms with E-state index in [1.54, 1.807) is 6.07 Å². The minimum Gasteiger partial charge on any atom is -0.368 e. The number of carbonyl (C=O) groups excluding carboxylic acids is 1. The highest BCUT2D eigenvalue weighted by Crippen LogP contribution is 2.30. The van der Waals surface area contributed by atoms with Crippen LogP contribution < -0.4 is 5.73 Å². The van der Waals surface area contributed by atoms with Gasteiger partial charge in [-0.3, -0.25) is 19.8 Å². The Balaban J connectivity index is 2.22. The molecular weight excluding hydrogens is 314 g/mol. The Morgan fingerprint density at radius 2 is 2.32 bits per heavy atom. The van der Waals surface area contributed by atoms with E-state index in [1.807, 2.05) is 11.0 Å². The summed E-state index contributed by atoms with van der Waals surface area (Å²) in [6.45, 7) is 1.26. The first-order valence-corrected chi connectivity index (χ1v) is 6.75. The molecule has 0 aromatic heterocycles. The Hall–Kier alpha value is -1.47. The molecule has 1 aromatic rings. The number of hydrogen-bond donors (Lipinski definition) is 1. The summed E-state index contributed by atoms with van der Waals surface area (Å²) in [4.78, 5) is 23.7. The minimum absolute atomic E-state index is 0.0346. The van der Waals surface area contributed by atoms with Crippen molar-refractivity contribution in [2.24, 2.45) is 5.73 Å². The monoisotopic (exact) mass is 327 g/mol. The Morgan fingerprint density at radius 1 is 1.58 bits per heavy atom. The highest BCUT2D eigenvalue weighted by Gasteiger charge is 2.29. The second-order valence-corrected chi connectivity index (χ2v) is 5.33. The van der Waals surface area contributed by atoms with Crippen molar-refractivity contribution in [1.82, 2.24) is 4.90 Å². The fourth-order valence-corrected chi connectivity index (χ4v) is 2.92. The number of halogens is 1. The molecule has 1 fully saturated rings. The van der Waals surface area contributed by atoms with E-state index >= 15 is 0 Å². The first-order chi connectivity index (χ1) is 9.00. The molecule has 6 nitrogen and oxygen atoms in total. The molecule has 1 aliphatic rings. The van der Waals surface area contributed by atoms with E-state index in [1.165, 1.54) is 6.07 Å². The lowest BCUT2D eigenvalue weighted by molar-refractivity contribution is -0.385. The van der Waals surface area contributed by atoms with Crippen molar-refractivity contribution in [1.29, 1.82) is 0 Å². The van der Waals surface area contributed by atoms with E-state index in [2.05, 4.69) is 15.9 Å². The molecule has 1 saturated heterocycles. The molecule has 1 aromatic carbocycles. The molecule has 102 valence electrons. The molecule has 1 unspecified atom stereocenters. The van der Waals surface area contributed by atoms with Crippen molar-refractivity contribution in [3.63, 3.8) is 0 Å². The molecule has 19 heavy (non-hydrogen) atoms. The lowest BCUT2D eigenvalue weighted by atomic mass is 10.1. The summed E-state index contributed by atoms with van der Waals surface area (Å²) in [6.07, 6.45) is 1.67. The Morgan fingerprint density at radius 3 is 2.95 bits per heavy atom. The van der Waals surface area contributed by atoms with Gasteiger partial charge in [-0.25, -0.2) is 0 Å². The maximum Gasteiger partial charge on any atom is 0.283 e. The van der Waals surface area contributed by atoms with Gasteiger partial charge in [-0.05, 0) is 40.9 Å². The van der Waals surface area contributed by atoms with Gasteiger partial charge in [-0.15, -0.1) is 0 Å². The number of nitrogens with two attached hydrogens (primary N) is 1. The molecule has 0 aliphatic carbocycles. The van der Waals surface area contributed by atoms with Crippen LogP contribution in [0.5, 0.6) is 0 Å². The number of likely N-dealkylation sites (tertiary alicyclic amines) is 1. The molecule has 1 atom stereocenters. The van der Waals surface area contributed by atoms with Gasteiger partial charge >= 0.3 is 0 Å². The molecule has 0 radical (unpaired) electrons. The van der Waals surface area contributed by atoms with Gasteiger partial charge in [0.15, 0.2) is 0 Å². The summed E-state index contributed by atoms with van der Waals surface area (Å²) in [5.41, 5.74) is 6.19. The maximum absolute atomic E-state index is 11.3. The summed E-state index contributed by atoms with van der Waals surface area (Å²) < 4.78 is 0.468. The number of primary amides is 1. The summed E-state index contributed by atoms with van der Waals surface area (Å²) in [7, 11) is 0. The molecule has 0 saturated carbocycles. The second-order valence-electron chi connectivity index (χ2n) is 4.54. The predicted octanol–water partition coefficient (Wildman–Crippen LogP) is 1.81. The van der Waals surface area contributed by atoms with Crippen molar-refractivity contribution in [3.8, 4) is 0 Å². The molecular formula is C12H14BrN3O3. The Kier molecular flexibility index (Phi) is 4.16. The van der Waals surface area contributed by atoms with Gasteiger partial charge in [0.25, 0.3) is 5.69 Å². The van der Waals surface area contributed by atoms with Gasteiger partial charge in [0.2, 0.25) is 5.91 Å². The fourth-order valence-electron chi connectivity index (χ4n) is 2.39. The third-order valence-electron chi connectivity index (χ3n) is 3.32. The lowest BCUT2D eigenvalue weighted by Gasteiger charge is -2.22. The number of carbonyl (C=O) groups is 1. The zero-order valence-electron chi connectivity index (χ0n) is 10.2. The van der Waals surface area contributed by atoms with E-state index in [0.717, 1.165) is 24.9 Å². The van der Waals surface area contributed by atoms with Crippen LogP contribution in [-0.4, -0.2) is 28.3 Å². The van der Waals surface area contributed by atoms with Crippen LogP contribution in [0, 0.1) is 10.1 Å². The van der Waals surface area contributed by atoms with Crippen molar-refractivity contribution < 1.29 is 9.72 Å². The summed E-state index contributed by atoms with van der Waals surface area (Å²) >= 11 is 3.26. The van der Waals surface area contributed by atoms with E-state index < -0.39 is 4.92 Å². The second kappa shape index (κ2) is 5.66. The van der Waals surface area contributed by atoms with E-state index in [4.69, 9.17) is 5.73 Å². The number of nitro benzene ring substituents is 1. The standard InChI is InChI=1S/C12H14BrN3O3/c13-11-8(3-1-4-9(11)16(18)19)7-15-6-2-5-10(15)12(14)17/h1,3-4,10H,2,5-7H2,(H2,14,17). The SMILES string of the molecule is NC(=O)C1CCCN1Cc1cccc([N+](=O)[O-])c1Br. The van der Waals surface area contributed by atoms with Crippen LogP contribution in [0.15, 0.2) is 22.7 Å². The van der Waals surface area contributed by atoms with Crippen molar-refractivity contribution >= 4 is 27.5 Å². The molecule has 1 aliphatic heterocycles. The highest BCUT2D eigenvalue weighted by atomic mass is 79.9. The zero-order valence-corrected chi connectivity index (χ0v) is 11.8. The lowest BCUT2D eigenvalue weighted by Crippen LogP contribution is -2.39. The third-order valence-corrected chi connectivity index (χ3v) is 4.24. The topological polar surface area (TPSA) is 89.5 Å². The van der Waals surface area contributed by atoms with Gasteiger partial charge in [0.05, 0.1) is 15.4 Å². The Bertz CT molecular complexity index is 521. The number of nitrogens with zero attached hydrogens (tertiary/aromatic N) is 2. The van der Waals surface area contributed by atoms with Crippen molar-refractivity contribution in [2.75, 3.05) is 6.54 Å². The summed E-state index contributed by atoms with van der Waals surface area (Å²) in [5.74, 6) is -0.334. The largest absolute Gasteiger partial charge is 0.368 e. The number of benzene rings is 1. The van der Waals surface area contributed by atoms with Crippen molar-refractivity contribution in [3.05, 3.63) is 38.3 Å². The molecule has 2 N–H and O–H groups in total. The van der Waals surface area contributed by atoms with Crippen LogP contribution >= 0.6 is 15.9 Å². The molecule has 0 spiro atoms. The minimum atomic E-state index is -0.427. The van der Waals surface area contributed by atoms with E-state index in [0.29, 0.717) is 11.0 Å². The molecule has 2 rings (SSSR count). The average Bonchev–Trinajstić information content (AvgIpc) is 2.79. The van der Waals surface area contributed by atoms with Gasteiger partial charge in [-0.2, -0.15) is 0 Å². The molecule has 0 bridgehead atoms. The fraction of sp³-hybridized carbons (Fsp3) is 0.417. The van der Waals surface area contributed by atoms with Gasteiger partial charge < -0.3 is 5.73 Å². The summed E-state index contributed by atoms with van der Waals surface area (Å²) in [6, 6.07) is 4.63. The van der Waals surface area contributed by atoms with Crippen LogP contribution in [0.3, 0.4) is 0 Å². The van der Waals surface area contributed by atoms with Crippen LogP contribution in [0.25, 0.3) is 0 Å².